The van der Waals surface area contributed by atoms with Gasteiger partial charge in [0.2, 0.25) is 0 Å². The summed E-state index contributed by atoms with van der Waals surface area (Å²) in [5, 5.41) is 7.09. The van der Waals surface area contributed by atoms with Crippen molar-refractivity contribution in [2.75, 3.05) is 13.2 Å². The largest absolute Gasteiger partial charge is 0.380 e. The van der Waals surface area contributed by atoms with E-state index in [1.807, 2.05) is 6.07 Å². The SMILES string of the molecule is Fc1cc(CNC2CCOC2)ccc1-c1ccon1. The average molecular weight is 262 g/mol. The van der Waals surface area contributed by atoms with Crippen LogP contribution in [0.15, 0.2) is 35.1 Å². The Morgan fingerprint density at radius 2 is 2.32 bits per heavy atom. The number of ether oxygens (including phenoxy) is 1. The summed E-state index contributed by atoms with van der Waals surface area (Å²) in [4.78, 5) is 0. The number of hydrogen-bond acceptors (Lipinski definition) is 4. The van der Waals surface area contributed by atoms with E-state index in [0.29, 0.717) is 23.8 Å². The molecule has 5 heteroatoms. The topological polar surface area (TPSA) is 47.3 Å². The second-order valence-corrected chi connectivity index (χ2v) is 4.64. The van der Waals surface area contributed by atoms with E-state index in [4.69, 9.17) is 9.26 Å². The molecule has 4 nitrogen and oxygen atoms in total. The maximum absolute atomic E-state index is 14.0. The van der Waals surface area contributed by atoms with E-state index < -0.39 is 0 Å². The Bertz CT molecular complexity index is 536. The van der Waals surface area contributed by atoms with Gasteiger partial charge in [-0.25, -0.2) is 4.39 Å². The van der Waals surface area contributed by atoms with Crippen molar-refractivity contribution in [3.63, 3.8) is 0 Å². The number of hydrogen-bond donors (Lipinski definition) is 1. The van der Waals surface area contributed by atoms with Crippen molar-refractivity contribution < 1.29 is 13.7 Å². The van der Waals surface area contributed by atoms with E-state index >= 15 is 0 Å². The molecule has 1 aliphatic rings. The predicted octanol–water partition coefficient (Wildman–Crippen LogP) is 2.36. The minimum absolute atomic E-state index is 0.282. The average Bonchev–Trinajstić information content (AvgIpc) is 3.10. The van der Waals surface area contributed by atoms with Crippen molar-refractivity contribution in [2.45, 2.75) is 19.0 Å². The molecule has 1 aromatic carbocycles. The Morgan fingerprint density at radius 1 is 1.37 bits per heavy atom. The van der Waals surface area contributed by atoms with Gasteiger partial charge in [0.15, 0.2) is 0 Å². The van der Waals surface area contributed by atoms with E-state index in [1.165, 1.54) is 12.3 Å². The highest BCUT2D eigenvalue weighted by Crippen LogP contribution is 2.22. The zero-order valence-corrected chi connectivity index (χ0v) is 10.4. The molecular weight excluding hydrogens is 247 g/mol. The molecule has 1 saturated heterocycles. The Hall–Kier alpha value is -1.72. The lowest BCUT2D eigenvalue weighted by molar-refractivity contribution is 0.190. The molecule has 3 rings (SSSR count). The van der Waals surface area contributed by atoms with Crippen LogP contribution < -0.4 is 5.32 Å². The summed E-state index contributed by atoms with van der Waals surface area (Å²) in [5.74, 6) is -0.282. The van der Waals surface area contributed by atoms with Gasteiger partial charge >= 0.3 is 0 Å². The van der Waals surface area contributed by atoms with E-state index in [1.54, 1.807) is 12.1 Å². The summed E-state index contributed by atoms with van der Waals surface area (Å²) in [6, 6.07) is 7.18. The van der Waals surface area contributed by atoms with Crippen molar-refractivity contribution in [3.05, 3.63) is 41.9 Å². The van der Waals surface area contributed by atoms with E-state index in [-0.39, 0.29) is 5.82 Å². The van der Waals surface area contributed by atoms with Gasteiger partial charge in [0.25, 0.3) is 0 Å². The second-order valence-electron chi connectivity index (χ2n) is 4.64. The summed E-state index contributed by atoms with van der Waals surface area (Å²) in [6.45, 7) is 2.18. The molecule has 1 N–H and O–H groups in total. The van der Waals surface area contributed by atoms with Crippen LogP contribution in [0.5, 0.6) is 0 Å². The van der Waals surface area contributed by atoms with Gasteiger partial charge in [-0.1, -0.05) is 11.2 Å². The van der Waals surface area contributed by atoms with Gasteiger partial charge < -0.3 is 14.6 Å². The van der Waals surface area contributed by atoms with Crippen molar-refractivity contribution in [1.82, 2.24) is 10.5 Å². The molecule has 1 fully saturated rings. The number of benzene rings is 1. The number of rotatable bonds is 4. The van der Waals surface area contributed by atoms with Gasteiger partial charge in [0.1, 0.15) is 17.8 Å². The van der Waals surface area contributed by atoms with Gasteiger partial charge in [0.05, 0.1) is 6.61 Å². The quantitative estimate of drug-likeness (QED) is 0.918. The molecule has 0 amide bonds. The van der Waals surface area contributed by atoms with Crippen LogP contribution in [-0.4, -0.2) is 24.4 Å². The van der Waals surface area contributed by atoms with Crippen LogP contribution >= 0.6 is 0 Å². The third-order valence-electron chi connectivity index (χ3n) is 3.27. The molecule has 1 atom stereocenters. The summed E-state index contributed by atoms with van der Waals surface area (Å²) in [5.41, 5.74) is 1.89. The van der Waals surface area contributed by atoms with Gasteiger partial charge in [-0.3, -0.25) is 0 Å². The predicted molar refractivity (Wildman–Crippen MR) is 68.0 cm³/mol. The fourth-order valence-electron chi connectivity index (χ4n) is 2.19. The molecule has 2 heterocycles. The molecule has 0 aliphatic carbocycles. The highest BCUT2D eigenvalue weighted by molar-refractivity contribution is 5.59. The van der Waals surface area contributed by atoms with Gasteiger partial charge in [-0.05, 0) is 24.1 Å². The summed E-state index contributed by atoms with van der Waals surface area (Å²) < 4.78 is 24.0. The minimum Gasteiger partial charge on any atom is -0.380 e. The molecule has 0 spiro atoms. The first-order chi connectivity index (χ1) is 9.33. The van der Waals surface area contributed by atoms with Crippen LogP contribution in [0.4, 0.5) is 4.39 Å². The van der Waals surface area contributed by atoms with Crippen molar-refractivity contribution in [1.29, 1.82) is 0 Å². The lowest BCUT2D eigenvalue weighted by Crippen LogP contribution is -2.28. The Balaban J connectivity index is 1.68. The standard InChI is InChI=1S/C14H15FN2O2/c15-13-7-10(8-16-11-3-5-18-9-11)1-2-12(13)14-4-6-19-17-14/h1-2,4,6-7,11,16H,3,5,8-9H2. The third-order valence-corrected chi connectivity index (χ3v) is 3.27. The number of halogens is 1. The molecule has 100 valence electrons. The molecule has 1 unspecified atom stereocenters. The van der Waals surface area contributed by atoms with E-state index in [9.17, 15) is 4.39 Å². The minimum atomic E-state index is -0.282. The van der Waals surface area contributed by atoms with Crippen molar-refractivity contribution in [2.24, 2.45) is 0 Å². The zero-order valence-electron chi connectivity index (χ0n) is 10.4. The fraction of sp³-hybridized carbons (Fsp3) is 0.357. The molecule has 1 aromatic heterocycles. The summed E-state index contributed by atoms with van der Waals surface area (Å²) in [7, 11) is 0. The fourth-order valence-corrected chi connectivity index (χ4v) is 2.19. The maximum atomic E-state index is 14.0. The number of aromatic nitrogens is 1. The first kappa shape index (κ1) is 12.3. The molecule has 0 saturated carbocycles. The van der Waals surface area contributed by atoms with Crippen LogP contribution in [-0.2, 0) is 11.3 Å². The smallest absolute Gasteiger partial charge is 0.133 e. The molecule has 19 heavy (non-hydrogen) atoms. The van der Waals surface area contributed by atoms with E-state index in [0.717, 1.165) is 25.2 Å². The summed E-state index contributed by atoms with van der Waals surface area (Å²) >= 11 is 0. The van der Waals surface area contributed by atoms with Crippen LogP contribution in [0.2, 0.25) is 0 Å². The molecule has 0 radical (unpaired) electrons. The van der Waals surface area contributed by atoms with Crippen molar-refractivity contribution >= 4 is 0 Å². The first-order valence-corrected chi connectivity index (χ1v) is 6.33. The van der Waals surface area contributed by atoms with Crippen LogP contribution in [0.1, 0.15) is 12.0 Å². The highest BCUT2D eigenvalue weighted by atomic mass is 19.1. The second kappa shape index (κ2) is 5.50. The normalized spacial score (nSPS) is 18.9. The van der Waals surface area contributed by atoms with Gasteiger partial charge in [-0.15, -0.1) is 0 Å². The first-order valence-electron chi connectivity index (χ1n) is 6.33. The van der Waals surface area contributed by atoms with Gasteiger partial charge in [0, 0.05) is 30.8 Å². The number of nitrogens with zero attached hydrogens (tertiary/aromatic N) is 1. The monoisotopic (exact) mass is 262 g/mol. The molecule has 0 bridgehead atoms. The molecule has 2 aromatic rings. The summed E-state index contributed by atoms with van der Waals surface area (Å²) in [6.07, 6.45) is 2.45. The maximum Gasteiger partial charge on any atom is 0.133 e. The lowest BCUT2D eigenvalue weighted by atomic mass is 10.1. The van der Waals surface area contributed by atoms with Gasteiger partial charge in [-0.2, -0.15) is 0 Å². The Morgan fingerprint density at radius 3 is 3.00 bits per heavy atom. The number of nitrogens with one attached hydrogen (secondary N) is 1. The lowest BCUT2D eigenvalue weighted by Gasteiger charge is -2.11. The molecule has 1 aliphatic heterocycles. The Kier molecular flexibility index (Phi) is 3.57. The third kappa shape index (κ3) is 2.83. The van der Waals surface area contributed by atoms with E-state index in [2.05, 4.69) is 10.5 Å². The highest BCUT2D eigenvalue weighted by Gasteiger charge is 2.15. The molecular formula is C14H15FN2O2. The Labute approximate surface area is 110 Å². The van der Waals surface area contributed by atoms with Crippen LogP contribution in [0, 0.1) is 5.82 Å². The van der Waals surface area contributed by atoms with Crippen LogP contribution in [0.25, 0.3) is 11.3 Å². The zero-order chi connectivity index (χ0) is 13.1. The van der Waals surface area contributed by atoms with Crippen LogP contribution in [0.3, 0.4) is 0 Å². The van der Waals surface area contributed by atoms with Crippen molar-refractivity contribution in [3.8, 4) is 11.3 Å².